The molecule has 0 amide bonds. The van der Waals surface area contributed by atoms with Gasteiger partial charge in [0.25, 0.3) is 0 Å². The first-order valence-corrected chi connectivity index (χ1v) is 8.17. The fourth-order valence-electron chi connectivity index (χ4n) is 3.11. The summed E-state index contributed by atoms with van der Waals surface area (Å²) in [7, 11) is 2.53. The molecule has 0 radical (unpaired) electrons. The Hall–Kier alpha value is -2.86. The zero-order chi connectivity index (χ0) is 21.1. The highest BCUT2D eigenvalue weighted by atomic mass is 19.4. The van der Waals surface area contributed by atoms with Crippen molar-refractivity contribution in [3.05, 3.63) is 69.2 Å². The number of allylic oxidation sites excluding steroid dienone is 2. The molecule has 0 aliphatic carbocycles. The summed E-state index contributed by atoms with van der Waals surface area (Å²) in [6, 6.07) is 2.18. The van der Waals surface area contributed by atoms with Gasteiger partial charge in [-0.15, -0.1) is 0 Å². The standard InChI is InChI=1S/C19H18F4N2O3/c1-10-17(24-2)15(12-6-5-11(20)9-13(12)19(21,22)23)16(18(26)28-4)14(25-10)7-8-27-3/h5-6,9,15,25H,7-8H2,1,3-4H3. The lowest BCUT2D eigenvalue weighted by molar-refractivity contribution is -0.139. The summed E-state index contributed by atoms with van der Waals surface area (Å²) in [5.74, 6) is -3.30. The first-order valence-electron chi connectivity index (χ1n) is 8.17. The fourth-order valence-corrected chi connectivity index (χ4v) is 3.11. The molecule has 0 saturated heterocycles. The smallest absolute Gasteiger partial charge is 0.416 e. The van der Waals surface area contributed by atoms with Crippen LogP contribution in [0.4, 0.5) is 17.6 Å². The number of nitrogens with one attached hydrogen (secondary N) is 1. The van der Waals surface area contributed by atoms with Crippen molar-refractivity contribution in [2.75, 3.05) is 20.8 Å². The van der Waals surface area contributed by atoms with Crippen LogP contribution in [0.2, 0.25) is 0 Å². The lowest BCUT2D eigenvalue weighted by atomic mass is 9.81. The van der Waals surface area contributed by atoms with Crippen LogP contribution in [0.3, 0.4) is 0 Å². The van der Waals surface area contributed by atoms with Crippen LogP contribution in [-0.2, 0) is 20.4 Å². The molecule has 0 saturated carbocycles. The van der Waals surface area contributed by atoms with Crippen LogP contribution in [0, 0.1) is 12.4 Å². The number of rotatable bonds is 5. The van der Waals surface area contributed by atoms with Crippen LogP contribution in [0.5, 0.6) is 0 Å². The molecule has 1 N–H and O–H groups in total. The quantitative estimate of drug-likeness (QED) is 0.460. The molecule has 0 spiro atoms. The third-order valence-electron chi connectivity index (χ3n) is 4.32. The number of benzene rings is 1. The maximum absolute atomic E-state index is 13.6. The van der Waals surface area contributed by atoms with E-state index in [0.717, 1.165) is 19.2 Å². The Labute approximate surface area is 159 Å². The highest BCUT2D eigenvalue weighted by Gasteiger charge is 2.42. The molecule has 1 heterocycles. The van der Waals surface area contributed by atoms with Gasteiger partial charge < -0.3 is 14.8 Å². The molecular formula is C19H18F4N2O3. The average Bonchev–Trinajstić information content (AvgIpc) is 2.64. The van der Waals surface area contributed by atoms with E-state index in [9.17, 15) is 22.4 Å². The first kappa shape index (κ1) is 21.4. The molecule has 28 heavy (non-hydrogen) atoms. The Morgan fingerprint density at radius 1 is 1.32 bits per heavy atom. The number of dihydropyridines is 1. The van der Waals surface area contributed by atoms with E-state index >= 15 is 0 Å². The predicted octanol–water partition coefficient (Wildman–Crippen LogP) is 4.15. The minimum absolute atomic E-state index is 0.0984. The highest BCUT2D eigenvalue weighted by molar-refractivity contribution is 5.93. The van der Waals surface area contributed by atoms with Crippen molar-refractivity contribution in [3.63, 3.8) is 0 Å². The normalized spacial score (nSPS) is 17.3. The third kappa shape index (κ3) is 4.17. The number of esters is 1. The fraction of sp³-hybridized carbons (Fsp3) is 0.368. The van der Waals surface area contributed by atoms with E-state index in [2.05, 4.69) is 10.2 Å². The molecule has 0 bridgehead atoms. The molecule has 2 rings (SSSR count). The Morgan fingerprint density at radius 2 is 2.00 bits per heavy atom. The molecule has 1 atom stereocenters. The molecule has 1 aromatic carbocycles. The lowest BCUT2D eigenvalue weighted by Gasteiger charge is -2.31. The van der Waals surface area contributed by atoms with Gasteiger partial charge in [0.05, 0.1) is 37.3 Å². The molecule has 0 fully saturated rings. The van der Waals surface area contributed by atoms with Crippen molar-refractivity contribution in [2.45, 2.75) is 25.4 Å². The third-order valence-corrected chi connectivity index (χ3v) is 4.32. The minimum atomic E-state index is -4.88. The van der Waals surface area contributed by atoms with Gasteiger partial charge in [-0.05, 0) is 24.6 Å². The van der Waals surface area contributed by atoms with E-state index in [0.29, 0.717) is 17.5 Å². The molecule has 1 aliphatic rings. The number of hydrogen-bond acceptors (Lipinski definition) is 4. The van der Waals surface area contributed by atoms with Gasteiger partial charge in [0.15, 0.2) is 5.70 Å². The predicted molar refractivity (Wildman–Crippen MR) is 92.1 cm³/mol. The van der Waals surface area contributed by atoms with Crippen LogP contribution >= 0.6 is 0 Å². The number of hydrogen-bond donors (Lipinski definition) is 1. The number of carbonyl (C=O) groups excluding carboxylic acids is 1. The maximum Gasteiger partial charge on any atom is 0.416 e. The second kappa shape index (κ2) is 8.44. The highest BCUT2D eigenvalue weighted by Crippen LogP contribution is 2.45. The molecule has 5 nitrogen and oxygen atoms in total. The molecule has 9 heteroatoms. The van der Waals surface area contributed by atoms with Gasteiger partial charge >= 0.3 is 12.1 Å². The Kier molecular flexibility index (Phi) is 6.46. The largest absolute Gasteiger partial charge is 0.466 e. The number of methoxy groups -OCH3 is 2. The van der Waals surface area contributed by atoms with Gasteiger partial charge in [0.2, 0.25) is 0 Å². The molecule has 1 unspecified atom stereocenters. The van der Waals surface area contributed by atoms with E-state index in [1.54, 1.807) is 0 Å². The Bertz CT molecular complexity index is 882. The van der Waals surface area contributed by atoms with E-state index < -0.39 is 35.0 Å². The Morgan fingerprint density at radius 3 is 2.54 bits per heavy atom. The van der Waals surface area contributed by atoms with Gasteiger partial charge in [-0.25, -0.2) is 14.0 Å². The maximum atomic E-state index is 13.6. The summed E-state index contributed by atoms with van der Waals surface area (Å²) >= 11 is 0. The van der Waals surface area contributed by atoms with E-state index in [1.807, 2.05) is 0 Å². The zero-order valence-electron chi connectivity index (χ0n) is 15.4. The lowest BCUT2D eigenvalue weighted by Crippen LogP contribution is -2.30. The van der Waals surface area contributed by atoms with Crippen molar-refractivity contribution >= 4 is 5.97 Å². The summed E-state index contributed by atoms with van der Waals surface area (Å²) in [6.07, 6.45) is -4.69. The molecule has 150 valence electrons. The van der Waals surface area contributed by atoms with Gasteiger partial charge in [-0.1, -0.05) is 6.07 Å². The van der Waals surface area contributed by atoms with Gasteiger partial charge in [0, 0.05) is 24.9 Å². The van der Waals surface area contributed by atoms with Crippen molar-refractivity contribution in [3.8, 4) is 0 Å². The zero-order valence-corrected chi connectivity index (χ0v) is 15.4. The van der Waals surface area contributed by atoms with Crippen molar-refractivity contribution in [1.82, 2.24) is 5.32 Å². The summed E-state index contributed by atoms with van der Waals surface area (Å²) in [5, 5.41) is 2.90. The number of halogens is 4. The van der Waals surface area contributed by atoms with Crippen LogP contribution < -0.4 is 5.32 Å². The van der Waals surface area contributed by atoms with Gasteiger partial charge in [-0.3, -0.25) is 0 Å². The number of alkyl halides is 3. The van der Waals surface area contributed by atoms with E-state index in [1.165, 1.54) is 14.0 Å². The van der Waals surface area contributed by atoms with Crippen molar-refractivity contribution < 1.29 is 31.8 Å². The average molecular weight is 398 g/mol. The molecule has 0 aromatic heterocycles. The van der Waals surface area contributed by atoms with Crippen LogP contribution in [-0.4, -0.2) is 26.8 Å². The summed E-state index contributed by atoms with van der Waals surface area (Å²) in [5.41, 5.74) is -1.28. The second-order valence-electron chi connectivity index (χ2n) is 6.04. The second-order valence-corrected chi connectivity index (χ2v) is 6.04. The van der Waals surface area contributed by atoms with Crippen LogP contribution in [0.15, 0.2) is 40.9 Å². The summed E-state index contributed by atoms with van der Waals surface area (Å²) in [4.78, 5) is 15.8. The minimum Gasteiger partial charge on any atom is -0.466 e. The number of carbonyl (C=O) groups is 1. The monoisotopic (exact) mass is 398 g/mol. The van der Waals surface area contributed by atoms with Crippen molar-refractivity contribution in [1.29, 1.82) is 0 Å². The summed E-state index contributed by atoms with van der Waals surface area (Å²) in [6.45, 7) is 9.15. The van der Waals surface area contributed by atoms with E-state index in [-0.39, 0.29) is 24.3 Å². The van der Waals surface area contributed by atoms with Crippen LogP contribution in [0.1, 0.15) is 30.4 Å². The van der Waals surface area contributed by atoms with Gasteiger partial charge in [0.1, 0.15) is 5.82 Å². The summed E-state index contributed by atoms with van der Waals surface area (Å²) < 4.78 is 64.1. The molecule has 1 aromatic rings. The molecule has 1 aliphatic heterocycles. The van der Waals surface area contributed by atoms with Gasteiger partial charge in [-0.2, -0.15) is 13.2 Å². The Balaban J connectivity index is 2.82. The number of nitrogens with zero attached hydrogens (tertiary/aromatic N) is 1. The SMILES string of the molecule is [C-]#[N+]C1=C(C)NC(CCOC)=C(C(=O)OC)C1c1ccc(F)cc1C(F)(F)F. The van der Waals surface area contributed by atoms with Crippen molar-refractivity contribution in [2.24, 2.45) is 0 Å². The molecular weight excluding hydrogens is 380 g/mol. The first-order chi connectivity index (χ1) is 13.1. The topological polar surface area (TPSA) is 51.9 Å². The van der Waals surface area contributed by atoms with E-state index in [4.69, 9.17) is 16.0 Å². The van der Waals surface area contributed by atoms with Crippen LogP contribution in [0.25, 0.3) is 4.85 Å². The number of ether oxygens (including phenoxy) is 2.